The summed E-state index contributed by atoms with van der Waals surface area (Å²) in [6.45, 7) is 1.88. The van der Waals surface area contributed by atoms with E-state index in [0.717, 1.165) is 17.0 Å². The van der Waals surface area contributed by atoms with Crippen LogP contribution in [0.4, 0.5) is 4.39 Å². The number of rotatable bonds is 5. The molecular formula is C18H15FN6OS. The minimum Gasteiger partial charge on any atom is -0.334 e. The van der Waals surface area contributed by atoms with Gasteiger partial charge in [-0.2, -0.15) is 4.98 Å². The second-order valence-corrected chi connectivity index (χ2v) is 6.84. The van der Waals surface area contributed by atoms with Gasteiger partial charge in [-0.1, -0.05) is 28.5 Å². The number of aryl methyl sites for hydroxylation is 1. The quantitative estimate of drug-likeness (QED) is 0.487. The first kappa shape index (κ1) is 17.3. The standard InChI is InChI=1S/C18H15FN6OS/c1-11-5-6-14(19)13(8-11)17-21-15(24-26-17)10-27-18-23-22-16(25(18)2)12-4-3-7-20-9-12/h3-9H,10H2,1-2H3. The number of nitrogens with zero attached hydrogens (tertiary/aromatic N) is 6. The van der Waals surface area contributed by atoms with Gasteiger partial charge >= 0.3 is 0 Å². The zero-order valence-corrected chi connectivity index (χ0v) is 15.4. The molecule has 4 rings (SSSR count). The lowest BCUT2D eigenvalue weighted by Gasteiger charge is -2.02. The lowest BCUT2D eigenvalue weighted by molar-refractivity contribution is 0.422. The van der Waals surface area contributed by atoms with E-state index in [9.17, 15) is 4.39 Å². The average Bonchev–Trinajstić information content (AvgIpc) is 3.29. The summed E-state index contributed by atoms with van der Waals surface area (Å²) in [5.74, 6) is 1.39. The van der Waals surface area contributed by atoms with Crippen LogP contribution in [0.3, 0.4) is 0 Å². The third-order valence-corrected chi connectivity index (χ3v) is 4.92. The summed E-state index contributed by atoms with van der Waals surface area (Å²) < 4.78 is 21.1. The highest BCUT2D eigenvalue weighted by Gasteiger charge is 2.16. The van der Waals surface area contributed by atoms with E-state index in [1.54, 1.807) is 24.5 Å². The Bertz CT molecular complexity index is 1080. The van der Waals surface area contributed by atoms with Crippen LogP contribution in [-0.4, -0.2) is 29.9 Å². The van der Waals surface area contributed by atoms with Crippen LogP contribution in [0.2, 0.25) is 0 Å². The van der Waals surface area contributed by atoms with E-state index in [1.807, 2.05) is 30.7 Å². The van der Waals surface area contributed by atoms with Crippen molar-refractivity contribution in [3.05, 3.63) is 59.9 Å². The Kier molecular flexibility index (Phi) is 4.68. The molecule has 136 valence electrons. The van der Waals surface area contributed by atoms with E-state index >= 15 is 0 Å². The molecule has 3 heterocycles. The van der Waals surface area contributed by atoms with Gasteiger partial charge in [-0.05, 0) is 31.2 Å². The molecule has 0 aliphatic carbocycles. The molecule has 0 radical (unpaired) electrons. The van der Waals surface area contributed by atoms with Crippen molar-refractivity contribution >= 4 is 11.8 Å². The molecular weight excluding hydrogens is 367 g/mol. The molecule has 0 aliphatic heterocycles. The predicted molar refractivity (Wildman–Crippen MR) is 98.2 cm³/mol. The molecule has 4 aromatic rings. The summed E-state index contributed by atoms with van der Waals surface area (Å²) in [5, 5.41) is 13.1. The van der Waals surface area contributed by atoms with Gasteiger partial charge in [-0.3, -0.25) is 4.98 Å². The molecule has 0 aliphatic rings. The van der Waals surface area contributed by atoms with E-state index in [2.05, 4.69) is 25.3 Å². The summed E-state index contributed by atoms with van der Waals surface area (Å²) in [7, 11) is 1.88. The van der Waals surface area contributed by atoms with Gasteiger partial charge in [0.2, 0.25) is 0 Å². The molecule has 7 nitrogen and oxygen atoms in total. The van der Waals surface area contributed by atoms with Crippen LogP contribution in [0.5, 0.6) is 0 Å². The lowest BCUT2D eigenvalue weighted by atomic mass is 10.1. The number of aromatic nitrogens is 6. The summed E-state index contributed by atoms with van der Waals surface area (Å²) in [6, 6.07) is 8.54. The normalized spacial score (nSPS) is 11.1. The van der Waals surface area contributed by atoms with Crippen LogP contribution in [0.1, 0.15) is 11.4 Å². The Balaban J connectivity index is 1.50. The smallest absolute Gasteiger partial charge is 0.260 e. The fourth-order valence-corrected chi connectivity index (χ4v) is 3.30. The summed E-state index contributed by atoms with van der Waals surface area (Å²) in [6.07, 6.45) is 3.45. The zero-order valence-electron chi connectivity index (χ0n) is 14.6. The Morgan fingerprint density at radius 1 is 1.22 bits per heavy atom. The third kappa shape index (κ3) is 3.59. The maximum absolute atomic E-state index is 14.0. The zero-order chi connectivity index (χ0) is 18.8. The highest BCUT2D eigenvalue weighted by molar-refractivity contribution is 7.98. The minimum absolute atomic E-state index is 0.167. The molecule has 0 bridgehead atoms. The fourth-order valence-electron chi connectivity index (χ4n) is 2.54. The number of benzene rings is 1. The first-order valence-corrected chi connectivity index (χ1v) is 9.12. The molecule has 0 fully saturated rings. The molecule has 0 saturated carbocycles. The van der Waals surface area contributed by atoms with Crippen LogP contribution < -0.4 is 0 Å². The van der Waals surface area contributed by atoms with Crippen molar-refractivity contribution in [3.63, 3.8) is 0 Å². The first-order chi connectivity index (χ1) is 13.1. The third-order valence-electron chi connectivity index (χ3n) is 3.91. The van der Waals surface area contributed by atoms with E-state index in [-0.39, 0.29) is 5.89 Å². The van der Waals surface area contributed by atoms with Crippen molar-refractivity contribution in [3.8, 4) is 22.8 Å². The summed E-state index contributed by atoms with van der Waals surface area (Å²) >= 11 is 1.42. The molecule has 3 aromatic heterocycles. The van der Waals surface area contributed by atoms with Crippen molar-refractivity contribution in [2.75, 3.05) is 0 Å². The highest BCUT2D eigenvalue weighted by atomic mass is 32.2. The van der Waals surface area contributed by atoms with Crippen molar-refractivity contribution in [1.29, 1.82) is 0 Å². The monoisotopic (exact) mass is 382 g/mol. The number of hydrogen-bond donors (Lipinski definition) is 0. The largest absolute Gasteiger partial charge is 0.334 e. The van der Waals surface area contributed by atoms with Crippen LogP contribution in [0, 0.1) is 12.7 Å². The Morgan fingerprint density at radius 3 is 2.93 bits per heavy atom. The Morgan fingerprint density at radius 2 is 2.11 bits per heavy atom. The van der Waals surface area contributed by atoms with Crippen LogP contribution in [0.25, 0.3) is 22.8 Å². The molecule has 9 heteroatoms. The van der Waals surface area contributed by atoms with Gasteiger partial charge in [0.15, 0.2) is 16.8 Å². The van der Waals surface area contributed by atoms with Crippen LogP contribution in [0.15, 0.2) is 52.4 Å². The van der Waals surface area contributed by atoms with Crippen LogP contribution in [-0.2, 0) is 12.8 Å². The second kappa shape index (κ2) is 7.28. The number of halogens is 1. The van der Waals surface area contributed by atoms with Gasteiger partial charge in [0.1, 0.15) is 5.82 Å². The fraction of sp³-hybridized carbons (Fsp3) is 0.167. The lowest BCUT2D eigenvalue weighted by Crippen LogP contribution is -1.95. The Hall–Kier alpha value is -3.07. The topological polar surface area (TPSA) is 82.5 Å². The summed E-state index contributed by atoms with van der Waals surface area (Å²) in [4.78, 5) is 8.38. The van der Waals surface area contributed by atoms with Gasteiger partial charge < -0.3 is 9.09 Å². The molecule has 27 heavy (non-hydrogen) atoms. The number of pyridine rings is 1. The molecule has 0 N–H and O–H groups in total. The van der Waals surface area contributed by atoms with Crippen molar-refractivity contribution < 1.29 is 8.91 Å². The van der Waals surface area contributed by atoms with Gasteiger partial charge in [0, 0.05) is 25.0 Å². The molecule has 0 atom stereocenters. The van der Waals surface area contributed by atoms with Gasteiger partial charge in [0.05, 0.1) is 11.3 Å². The van der Waals surface area contributed by atoms with Crippen molar-refractivity contribution in [1.82, 2.24) is 29.9 Å². The van der Waals surface area contributed by atoms with E-state index < -0.39 is 5.82 Å². The van der Waals surface area contributed by atoms with Gasteiger partial charge in [-0.15, -0.1) is 10.2 Å². The maximum atomic E-state index is 14.0. The molecule has 0 amide bonds. The van der Waals surface area contributed by atoms with Gasteiger partial charge in [0.25, 0.3) is 5.89 Å². The first-order valence-electron chi connectivity index (χ1n) is 8.13. The molecule has 0 spiro atoms. The van der Waals surface area contributed by atoms with Crippen LogP contribution >= 0.6 is 11.8 Å². The predicted octanol–water partition coefficient (Wildman–Crippen LogP) is 3.67. The Labute approximate surface area is 158 Å². The van der Waals surface area contributed by atoms with E-state index in [1.165, 1.54) is 17.8 Å². The van der Waals surface area contributed by atoms with Gasteiger partial charge in [-0.25, -0.2) is 4.39 Å². The molecule has 0 saturated heterocycles. The minimum atomic E-state index is -0.391. The highest BCUT2D eigenvalue weighted by Crippen LogP contribution is 2.26. The maximum Gasteiger partial charge on any atom is 0.260 e. The van der Waals surface area contributed by atoms with Crippen molar-refractivity contribution in [2.45, 2.75) is 17.8 Å². The van der Waals surface area contributed by atoms with E-state index in [0.29, 0.717) is 22.3 Å². The van der Waals surface area contributed by atoms with Crippen molar-refractivity contribution in [2.24, 2.45) is 7.05 Å². The number of hydrogen-bond acceptors (Lipinski definition) is 7. The number of thioether (sulfide) groups is 1. The SMILES string of the molecule is Cc1ccc(F)c(-c2nc(CSc3nnc(-c4cccnc4)n3C)no2)c1. The second-order valence-electron chi connectivity index (χ2n) is 5.89. The molecule has 1 aromatic carbocycles. The molecule has 0 unspecified atom stereocenters. The van der Waals surface area contributed by atoms with E-state index in [4.69, 9.17) is 4.52 Å². The summed E-state index contributed by atoms with van der Waals surface area (Å²) in [5.41, 5.74) is 2.11. The average molecular weight is 382 g/mol.